The van der Waals surface area contributed by atoms with Crippen molar-refractivity contribution in [3.8, 4) is 0 Å². The molecule has 2 aromatic rings. The van der Waals surface area contributed by atoms with Crippen molar-refractivity contribution >= 4 is 5.91 Å². The molecular weight excluding hydrogens is 348 g/mol. The summed E-state index contributed by atoms with van der Waals surface area (Å²) in [5.74, 6) is 1.24. The predicted octanol–water partition coefficient (Wildman–Crippen LogP) is 1.35. The standard InChI is InChI=1S/C18H26N6O3/c1-2-15(17-19-20-21-24(17)13-14-5-3-11-26-14)22-7-9-23(10-8-22)18(25)16-6-4-12-27-16/h4,6,12,14-15H,2-3,5,7-11,13H2,1H3. The molecule has 2 unspecified atom stereocenters. The van der Waals surface area contributed by atoms with Crippen LogP contribution in [0, 0.1) is 0 Å². The van der Waals surface area contributed by atoms with Gasteiger partial charge in [0.15, 0.2) is 11.6 Å². The van der Waals surface area contributed by atoms with Gasteiger partial charge in [-0.05, 0) is 41.8 Å². The summed E-state index contributed by atoms with van der Waals surface area (Å²) >= 11 is 0. The van der Waals surface area contributed by atoms with E-state index in [1.165, 1.54) is 6.26 Å². The number of ether oxygens (including phenoxy) is 1. The molecule has 0 saturated carbocycles. The van der Waals surface area contributed by atoms with Crippen LogP contribution in [0.2, 0.25) is 0 Å². The fourth-order valence-electron chi connectivity index (χ4n) is 3.96. The molecule has 0 radical (unpaired) electrons. The average Bonchev–Trinajstić information content (AvgIpc) is 3.46. The Morgan fingerprint density at radius 2 is 2.19 bits per heavy atom. The van der Waals surface area contributed by atoms with Gasteiger partial charge in [0, 0.05) is 32.8 Å². The Morgan fingerprint density at radius 1 is 1.33 bits per heavy atom. The monoisotopic (exact) mass is 374 g/mol. The lowest BCUT2D eigenvalue weighted by Crippen LogP contribution is -2.50. The van der Waals surface area contributed by atoms with E-state index in [9.17, 15) is 4.79 Å². The average molecular weight is 374 g/mol. The number of amides is 1. The number of nitrogens with zero attached hydrogens (tertiary/aromatic N) is 6. The van der Waals surface area contributed by atoms with Crippen LogP contribution in [0.25, 0.3) is 0 Å². The van der Waals surface area contributed by atoms with Crippen LogP contribution < -0.4 is 0 Å². The summed E-state index contributed by atoms with van der Waals surface area (Å²) in [5, 5.41) is 12.4. The van der Waals surface area contributed by atoms with Crippen LogP contribution in [0.5, 0.6) is 0 Å². The third-order valence-electron chi connectivity index (χ3n) is 5.42. The van der Waals surface area contributed by atoms with Gasteiger partial charge in [0.25, 0.3) is 5.91 Å². The van der Waals surface area contributed by atoms with E-state index in [2.05, 4.69) is 27.3 Å². The second-order valence-electron chi connectivity index (χ2n) is 7.08. The maximum absolute atomic E-state index is 12.4. The topological polar surface area (TPSA) is 89.5 Å². The van der Waals surface area contributed by atoms with Gasteiger partial charge in [-0.3, -0.25) is 9.69 Å². The smallest absolute Gasteiger partial charge is 0.289 e. The number of carbonyl (C=O) groups is 1. The first-order valence-electron chi connectivity index (χ1n) is 9.70. The first-order valence-corrected chi connectivity index (χ1v) is 9.70. The van der Waals surface area contributed by atoms with Crippen molar-refractivity contribution in [1.29, 1.82) is 0 Å². The molecule has 4 rings (SSSR count). The maximum atomic E-state index is 12.4. The van der Waals surface area contributed by atoms with E-state index in [1.807, 2.05) is 9.58 Å². The number of furan rings is 1. The molecule has 2 aliphatic rings. The van der Waals surface area contributed by atoms with Crippen LogP contribution in [-0.4, -0.2) is 74.8 Å². The summed E-state index contributed by atoms with van der Waals surface area (Å²) in [5.41, 5.74) is 0. The van der Waals surface area contributed by atoms with Crippen LogP contribution in [0.15, 0.2) is 22.8 Å². The summed E-state index contributed by atoms with van der Waals surface area (Å²) in [6.07, 6.45) is 4.81. The van der Waals surface area contributed by atoms with Crippen molar-refractivity contribution in [1.82, 2.24) is 30.0 Å². The molecule has 2 aromatic heterocycles. The van der Waals surface area contributed by atoms with Gasteiger partial charge in [-0.15, -0.1) is 5.10 Å². The molecule has 27 heavy (non-hydrogen) atoms. The summed E-state index contributed by atoms with van der Waals surface area (Å²) in [7, 11) is 0. The Bertz CT molecular complexity index is 732. The van der Waals surface area contributed by atoms with Crippen molar-refractivity contribution in [2.24, 2.45) is 0 Å². The first-order chi connectivity index (χ1) is 13.3. The molecule has 0 aromatic carbocycles. The number of aromatic nitrogens is 4. The van der Waals surface area contributed by atoms with Crippen molar-refractivity contribution in [3.63, 3.8) is 0 Å². The van der Waals surface area contributed by atoms with Gasteiger partial charge < -0.3 is 14.1 Å². The van der Waals surface area contributed by atoms with Gasteiger partial charge in [0.2, 0.25) is 0 Å². The maximum Gasteiger partial charge on any atom is 0.289 e. The number of carbonyl (C=O) groups excluding carboxylic acids is 1. The van der Waals surface area contributed by atoms with Gasteiger partial charge >= 0.3 is 0 Å². The van der Waals surface area contributed by atoms with Crippen molar-refractivity contribution in [2.45, 2.75) is 44.9 Å². The van der Waals surface area contributed by atoms with Crippen molar-refractivity contribution in [3.05, 3.63) is 30.0 Å². The second-order valence-corrected chi connectivity index (χ2v) is 7.08. The summed E-state index contributed by atoms with van der Waals surface area (Å²) in [6, 6.07) is 3.59. The molecule has 0 spiro atoms. The number of tetrazole rings is 1. The zero-order valence-corrected chi connectivity index (χ0v) is 15.7. The molecular formula is C18H26N6O3. The fourth-order valence-corrected chi connectivity index (χ4v) is 3.96. The number of rotatable bonds is 6. The highest BCUT2D eigenvalue weighted by Gasteiger charge is 2.31. The van der Waals surface area contributed by atoms with E-state index >= 15 is 0 Å². The molecule has 146 valence electrons. The largest absolute Gasteiger partial charge is 0.459 e. The summed E-state index contributed by atoms with van der Waals surface area (Å²) in [4.78, 5) is 16.7. The van der Waals surface area contributed by atoms with Crippen LogP contribution in [0.3, 0.4) is 0 Å². The van der Waals surface area contributed by atoms with E-state index in [4.69, 9.17) is 9.15 Å². The van der Waals surface area contributed by atoms with E-state index in [1.54, 1.807) is 12.1 Å². The lowest BCUT2D eigenvalue weighted by molar-refractivity contribution is 0.0510. The lowest BCUT2D eigenvalue weighted by atomic mass is 10.1. The zero-order chi connectivity index (χ0) is 18.6. The van der Waals surface area contributed by atoms with E-state index < -0.39 is 0 Å². The molecule has 0 aliphatic carbocycles. The Balaban J connectivity index is 1.39. The molecule has 2 fully saturated rings. The molecule has 2 saturated heterocycles. The third-order valence-corrected chi connectivity index (χ3v) is 5.42. The highest BCUT2D eigenvalue weighted by atomic mass is 16.5. The van der Waals surface area contributed by atoms with Crippen LogP contribution >= 0.6 is 0 Å². The van der Waals surface area contributed by atoms with Crippen molar-refractivity contribution in [2.75, 3.05) is 32.8 Å². The normalized spacial score (nSPS) is 22.3. The number of piperazine rings is 1. The summed E-state index contributed by atoms with van der Waals surface area (Å²) < 4.78 is 12.9. The second kappa shape index (κ2) is 8.18. The van der Waals surface area contributed by atoms with Gasteiger partial charge in [-0.2, -0.15) is 0 Å². The van der Waals surface area contributed by atoms with Gasteiger partial charge in [-0.1, -0.05) is 6.92 Å². The minimum absolute atomic E-state index is 0.0454. The molecule has 2 aliphatic heterocycles. The third kappa shape index (κ3) is 3.89. The van der Waals surface area contributed by atoms with Crippen molar-refractivity contribution < 1.29 is 13.9 Å². The molecule has 0 bridgehead atoms. The molecule has 2 atom stereocenters. The quantitative estimate of drug-likeness (QED) is 0.754. The minimum Gasteiger partial charge on any atom is -0.459 e. The van der Waals surface area contributed by atoms with Gasteiger partial charge in [0.05, 0.1) is 25.0 Å². The Hall–Kier alpha value is -2.26. The highest BCUT2D eigenvalue weighted by molar-refractivity contribution is 5.91. The zero-order valence-electron chi connectivity index (χ0n) is 15.7. The Labute approximate surface area is 158 Å². The SMILES string of the molecule is CCC(c1nnnn1CC1CCCO1)N1CCN(C(=O)c2ccco2)CC1. The molecule has 1 amide bonds. The predicted molar refractivity (Wildman–Crippen MR) is 96.0 cm³/mol. The van der Waals surface area contributed by atoms with E-state index in [0.29, 0.717) is 25.4 Å². The van der Waals surface area contributed by atoms with E-state index in [-0.39, 0.29) is 18.1 Å². The van der Waals surface area contributed by atoms with Crippen LogP contribution in [0.4, 0.5) is 0 Å². The molecule has 0 N–H and O–H groups in total. The fraction of sp³-hybridized carbons (Fsp3) is 0.667. The van der Waals surface area contributed by atoms with E-state index in [0.717, 1.165) is 44.8 Å². The summed E-state index contributed by atoms with van der Waals surface area (Å²) in [6.45, 7) is 6.60. The van der Waals surface area contributed by atoms with Gasteiger partial charge in [-0.25, -0.2) is 4.68 Å². The Morgan fingerprint density at radius 3 is 2.85 bits per heavy atom. The minimum atomic E-state index is -0.0454. The molecule has 4 heterocycles. The Kier molecular flexibility index (Phi) is 5.49. The van der Waals surface area contributed by atoms with Crippen LogP contribution in [-0.2, 0) is 11.3 Å². The highest BCUT2D eigenvalue weighted by Crippen LogP contribution is 2.25. The number of hydrogen-bond acceptors (Lipinski definition) is 7. The number of hydrogen-bond donors (Lipinski definition) is 0. The molecule has 9 heteroatoms. The first kappa shape index (κ1) is 18.1. The van der Waals surface area contributed by atoms with Crippen LogP contribution in [0.1, 0.15) is 48.6 Å². The molecule has 9 nitrogen and oxygen atoms in total. The van der Waals surface area contributed by atoms with Gasteiger partial charge in [0.1, 0.15) is 0 Å². The lowest BCUT2D eigenvalue weighted by Gasteiger charge is -2.38.